The van der Waals surface area contributed by atoms with Gasteiger partial charge in [0.15, 0.2) is 5.78 Å². The second-order valence-electron chi connectivity index (χ2n) is 4.18. The molecule has 0 aromatic heterocycles. The van der Waals surface area contributed by atoms with Crippen molar-refractivity contribution in [2.24, 2.45) is 0 Å². The van der Waals surface area contributed by atoms with E-state index >= 15 is 0 Å². The van der Waals surface area contributed by atoms with Crippen LogP contribution in [0.2, 0.25) is 0 Å². The molecule has 0 radical (unpaired) electrons. The number of Topliss-reactive ketones (excluding diaryl/α,β-unsaturated/α-hetero) is 2. The number of carbonyl (C=O) groups is 2. The van der Waals surface area contributed by atoms with E-state index in [2.05, 4.69) is 0 Å². The van der Waals surface area contributed by atoms with Crippen molar-refractivity contribution in [1.82, 2.24) is 0 Å². The highest BCUT2D eigenvalue weighted by molar-refractivity contribution is 6.10. The van der Waals surface area contributed by atoms with Gasteiger partial charge in [-0.25, -0.2) is 17.6 Å². The van der Waals surface area contributed by atoms with E-state index < -0.39 is 53.5 Å². The van der Waals surface area contributed by atoms with Crippen molar-refractivity contribution in [3.8, 4) is 0 Å². The number of rotatable bonds is 6. The predicted octanol–water partition coefficient (Wildman–Crippen LogP) is 3.64. The largest absolute Gasteiger partial charge is 0.376 e. The summed E-state index contributed by atoms with van der Waals surface area (Å²) in [6.07, 6.45) is -6.76. The second kappa shape index (κ2) is 6.01. The summed E-state index contributed by atoms with van der Waals surface area (Å²) < 4.78 is 101. The Balaban J connectivity index is 2.99. The van der Waals surface area contributed by atoms with Crippen LogP contribution < -0.4 is 0 Å². The van der Waals surface area contributed by atoms with E-state index in [4.69, 9.17) is 0 Å². The third kappa shape index (κ3) is 3.42. The van der Waals surface area contributed by atoms with Gasteiger partial charge >= 0.3 is 18.3 Å². The van der Waals surface area contributed by atoms with Crippen LogP contribution in [0.15, 0.2) is 18.2 Å². The quantitative estimate of drug-likeness (QED) is 0.452. The first-order chi connectivity index (χ1) is 9.89. The van der Waals surface area contributed by atoms with Crippen LogP contribution in [-0.4, -0.2) is 29.8 Å². The number of hydrogen-bond acceptors (Lipinski definition) is 2. The van der Waals surface area contributed by atoms with Gasteiger partial charge in [-0.05, 0) is 12.1 Å². The summed E-state index contributed by atoms with van der Waals surface area (Å²) in [5.41, 5.74) is -0.873. The number of hydrogen-bond donors (Lipinski definition) is 0. The third-order valence-corrected chi connectivity index (χ3v) is 2.55. The highest BCUT2D eigenvalue weighted by Gasteiger charge is 2.67. The zero-order chi connectivity index (χ0) is 17.3. The molecule has 0 bridgehead atoms. The monoisotopic (exact) mass is 334 g/mol. The van der Waals surface area contributed by atoms with Crippen LogP contribution in [0.1, 0.15) is 16.8 Å². The van der Waals surface area contributed by atoms with Crippen molar-refractivity contribution in [3.63, 3.8) is 0 Å². The molecule has 0 saturated carbocycles. The Hall–Kier alpha value is -2.00. The molecule has 0 atom stereocenters. The predicted molar refractivity (Wildman–Crippen MR) is 56.2 cm³/mol. The Kier molecular flexibility index (Phi) is 4.93. The number of carbonyl (C=O) groups excluding carboxylic acids is 2. The van der Waals surface area contributed by atoms with Crippen molar-refractivity contribution in [3.05, 3.63) is 35.4 Å². The lowest BCUT2D eigenvalue weighted by atomic mass is 9.99. The average molecular weight is 334 g/mol. The molecule has 0 aliphatic heterocycles. The Morgan fingerprint density at radius 3 is 1.82 bits per heavy atom. The standard InChI is InChI=1S/C12H6F8O2/c13-6-1-5(2-7(14)3-6)8(21)4-9(22)11(17,18)12(19,20)10(15)16/h1-3,10H,4H2. The lowest BCUT2D eigenvalue weighted by Gasteiger charge is -2.24. The minimum Gasteiger partial charge on any atom is -0.294 e. The molecule has 1 aromatic rings. The maximum atomic E-state index is 13.0. The molecule has 0 saturated heterocycles. The molecule has 122 valence electrons. The molecule has 1 aromatic carbocycles. The summed E-state index contributed by atoms with van der Waals surface area (Å²) in [6, 6.07) is 1.09. The average Bonchev–Trinajstić information content (AvgIpc) is 2.36. The highest BCUT2D eigenvalue weighted by Crippen LogP contribution is 2.40. The molecule has 0 spiro atoms. The van der Waals surface area contributed by atoms with Crippen molar-refractivity contribution < 1.29 is 44.7 Å². The molecule has 1 rings (SSSR count). The molecule has 0 heterocycles. The summed E-state index contributed by atoms with van der Waals surface area (Å²) in [6.45, 7) is 0. The Labute approximate surface area is 117 Å². The zero-order valence-corrected chi connectivity index (χ0v) is 10.4. The Morgan fingerprint density at radius 1 is 0.955 bits per heavy atom. The van der Waals surface area contributed by atoms with Crippen LogP contribution in [0.5, 0.6) is 0 Å². The van der Waals surface area contributed by atoms with Gasteiger partial charge < -0.3 is 0 Å². The topological polar surface area (TPSA) is 34.1 Å². The van der Waals surface area contributed by atoms with Crippen LogP contribution in [-0.2, 0) is 4.79 Å². The van der Waals surface area contributed by atoms with Gasteiger partial charge in [0.2, 0.25) is 5.78 Å². The van der Waals surface area contributed by atoms with Crippen LogP contribution in [0.25, 0.3) is 0 Å². The summed E-state index contributed by atoms with van der Waals surface area (Å²) in [7, 11) is 0. The van der Waals surface area contributed by atoms with Crippen LogP contribution in [0.3, 0.4) is 0 Å². The van der Waals surface area contributed by atoms with E-state index in [0.29, 0.717) is 18.2 Å². The lowest BCUT2D eigenvalue weighted by Crippen LogP contribution is -2.52. The second-order valence-corrected chi connectivity index (χ2v) is 4.18. The molecule has 0 fully saturated rings. The molecule has 0 N–H and O–H groups in total. The first-order valence-electron chi connectivity index (χ1n) is 5.46. The molecule has 10 heteroatoms. The SMILES string of the molecule is O=C(CC(=O)C(F)(F)C(F)(F)C(F)F)c1cc(F)cc(F)c1. The summed E-state index contributed by atoms with van der Waals surface area (Å²) in [4.78, 5) is 22.4. The van der Waals surface area contributed by atoms with Crippen LogP contribution in [0.4, 0.5) is 35.1 Å². The van der Waals surface area contributed by atoms with Gasteiger partial charge in [-0.2, -0.15) is 17.6 Å². The van der Waals surface area contributed by atoms with Gasteiger partial charge in [0, 0.05) is 11.6 Å². The Morgan fingerprint density at radius 2 is 1.41 bits per heavy atom. The van der Waals surface area contributed by atoms with Crippen LogP contribution in [0, 0.1) is 11.6 Å². The van der Waals surface area contributed by atoms with E-state index in [9.17, 15) is 44.7 Å². The minimum atomic E-state index is -5.97. The maximum Gasteiger partial charge on any atom is 0.376 e. The van der Waals surface area contributed by atoms with E-state index in [1.807, 2.05) is 0 Å². The van der Waals surface area contributed by atoms with Crippen molar-refractivity contribution in [2.45, 2.75) is 24.7 Å². The fourth-order valence-corrected chi connectivity index (χ4v) is 1.40. The van der Waals surface area contributed by atoms with E-state index in [0.717, 1.165) is 0 Å². The molecule has 22 heavy (non-hydrogen) atoms. The van der Waals surface area contributed by atoms with Crippen molar-refractivity contribution >= 4 is 11.6 Å². The number of halogens is 8. The maximum absolute atomic E-state index is 13.0. The van der Waals surface area contributed by atoms with E-state index in [-0.39, 0.29) is 0 Å². The minimum absolute atomic E-state index is 0.332. The number of alkyl halides is 6. The molecular formula is C12H6F8O2. The molecule has 0 unspecified atom stereocenters. The molecule has 0 aliphatic carbocycles. The fourth-order valence-electron chi connectivity index (χ4n) is 1.40. The summed E-state index contributed by atoms with van der Waals surface area (Å²) in [5.74, 6) is -18.7. The number of ketones is 2. The fraction of sp³-hybridized carbons (Fsp3) is 0.333. The van der Waals surface area contributed by atoms with Gasteiger partial charge in [-0.3, -0.25) is 9.59 Å². The van der Waals surface area contributed by atoms with Gasteiger partial charge in [0.25, 0.3) is 0 Å². The lowest BCUT2D eigenvalue weighted by molar-refractivity contribution is -0.252. The molecule has 2 nitrogen and oxygen atoms in total. The zero-order valence-electron chi connectivity index (χ0n) is 10.4. The van der Waals surface area contributed by atoms with E-state index in [1.165, 1.54) is 0 Å². The first-order valence-corrected chi connectivity index (χ1v) is 5.46. The highest BCUT2D eigenvalue weighted by atomic mass is 19.3. The van der Waals surface area contributed by atoms with E-state index in [1.54, 1.807) is 0 Å². The molecular weight excluding hydrogens is 328 g/mol. The van der Waals surface area contributed by atoms with Gasteiger partial charge in [0.05, 0.1) is 6.42 Å². The summed E-state index contributed by atoms with van der Waals surface area (Å²) >= 11 is 0. The smallest absolute Gasteiger partial charge is 0.294 e. The van der Waals surface area contributed by atoms with Gasteiger partial charge in [0.1, 0.15) is 11.6 Å². The Bertz CT molecular complexity index is 577. The summed E-state index contributed by atoms with van der Waals surface area (Å²) in [5, 5.41) is 0. The third-order valence-electron chi connectivity index (χ3n) is 2.55. The van der Waals surface area contributed by atoms with Crippen molar-refractivity contribution in [2.75, 3.05) is 0 Å². The van der Waals surface area contributed by atoms with Gasteiger partial charge in [-0.15, -0.1) is 0 Å². The van der Waals surface area contributed by atoms with Crippen molar-refractivity contribution in [1.29, 1.82) is 0 Å². The van der Waals surface area contributed by atoms with Crippen LogP contribution >= 0.6 is 0 Å². The first kappa shape index (κ1) is 18.1. The normalized spacial score (nSPS) is 12.6. The number of benzene rings is 1. The molecule has 0 amide bonds. The van der Waals surface area contributed by atoms with Gasteiger partial charge in [-0.1, -0.05) is 0 Å². The molecule has 0 aliphatic rings.